The maximum Gasteiger partial charge on any atom is 0.394 e. The molecule has 0 aliphatic heterocycles. The third-order valence-corrected chi connectivity index (χ3v) is 1.36. The zero-order valence-corrected chi connectivity index (χ0v) is 6.75. The van der Waals surface area contributed by atoms with Crippen LogP contribution in [0.2, 0.25) is 0 Å². The predicted molar refractivity (Wildman–Crippen MR) is 44.0 cm³/mol. The van der Waals surface area contributed by atoms with Crippen LogP contribution in [0.3, 0.4) is 0 Å². The number of fused-ring (bicyclic) bond motifs is 1. The first kappa shape index (κ1) is 8.98. The van der Waals surface area contributed by atoms with Crippen molar-refractivity contribution in [2.24, 2.45) is 0 Å². The van der Waals surface area contributed by atoms with E-state index in [9.17, 15) is 0 Å². The minimum atomic E-state index is -4.67. The Morgan fingerprint density at radius 3 is 1.75 bits per heavy atom. The quantitative estimate of drug-likeness (QED) is 0.416. The van der Waals surface area contributed by atoms with Crippen molar-refractivity contribution in [3.05, 3.63) is 18.2 Å². The van der Waals surface area contributed by atoms with Crippen molar-refractivity contribution in [1.82, 2.24) is 0 Å². The summed E-state index contributed by atoms with van der Waals surface area (Å²) in [5, 5.41) is 0. The van der Waals surface area contributed by atoms with E-state index in [1.54, 1.807) is 0 Å². The molecule has 0 spiro atoms. The third kappa shape index (κ3) is 2.19. The average molecular weight is 189 g/mol. The summed E-state index contributed by atoms with van der Waals surface area (Å²) in [7, 11) is -4.67. The van der Waals surface area contributed by atoms with Crippen LogP contribution < -0.4 is 5.73 Å². The topological polar surface area (TPSA) is 101 Å². The molecule has 5 nitrogen and oxygen atoms in total. The fourth-order valence-electron chi connectivity index (χ4n) is 0.819. The van der Waals surface area contributed by atoms with Crippen LogP contribution in [0.15, 0.2) is 18.2 Å². The van der Waals surface area contributed by atoms with Crippen LogP contribution in [0.4, 0.5) is 5.69 Å². The van der Waals surface area contributed by atoms with E-state index < -0.39 is 10.4 Å². The summed E-state index contributed by atoms with van der Waals surface area (Å²) in [5.41, 5.74) is 8.92. The molecule has 6 heteroatoms. The predicted octanol–water partition coefficient (Wildman–Crippen LogP) is 0.596. The summed E-state index contributed by atoms with van der Waals surface area (Å²) in [4.78, 5) is 0. The Kier molecular flexibility index (Phi) is 2.05. The summed E-state index contributed by atoms with van der Waals surface area (Å²) in [5.74, 6) is 0. The van der Waals surface area contributed by atoms with E-state index >= 15 is 0 Å². The molecular formula is C6H7NO4S. The fraction of sp³-hybridized carbons (Fsp3) is 0. The van der Waals surface area contributed by atoms with Gasteiger partial charge in [0.25, 0.3) is 0 Å². The second-order valence-corrected chi connectivity index (χ2v) is 3.15. The molecule has 0 saturated carbocycles. The molecule has 2 aliphatic rings. The Balaban J connectivity index is 0.000000130. The summed E-state index contributed by atoms with van der Waals surface area (Å²) in [6.07, 6.45) is 0. The van der Waals surface area contributed by atoms with Crippen LogP contribution in [0.25, 0.3) is 11.1 Å². The lowest BCUT2D eigenvalue weighted by Gasteiger charge is -2.16. The van der Waals surface area contributed by atoms with Gasteiger partial charge in [-0.3, -0.25) is 9.11 Å². The fourth-order valence-corrected chi connectivity index (χ4v) is 0.819. The normalized spacial score (nSPS) is 11.5. The lowest BCUT2D eigenvalue weighted by molar-refractivity contribution is 0.381. The van der Waals surface area contributed by atoms with Gasteiger partial charge in [0.05, 0.1) is 0 Å². The van der Waals surface area contributed by atoms with Crippen LogP contribution in [0, 0.1) is 0 Å². The van der Waals surface area contributed by atoms with E-state index in [0.29, 0.717) is 0 Å². The molecule has 2 aliphatic carbocycles. The highest BCUT2D eigenvalue weighted by atomic mass is 32.3. The van der Waals surface area contributed by atoms with Crippen LogP contribution in [-0.2, 0) is 10.4 Å². The van der Waals surface area contributed by atoms with E-state index in [-0.39, 0.29) is 0 Å². The minimum absolute atomic E-state index is 0.942. The summed E-state index contributed by atoms with van der Waals surface area (Å²) < 4.78 is 31.6. The number of rotatable bonds is 0. The monoisotopic (exact) mass is 189 g/mol. The summed E-state index contributed by atoms with van der Waals surface area (Å²) >= 11 is 0. The Morgan fingerprint density at radius 1 is 1.25 bits per heavy atom. The Hall–Kier alpha value is -1.11. The zero-order valence-electron chi connectivity index (χ0n) is 5.93. The highest BCUT2D eigenvalue weighted by Gasteiger charge is 2.12. The molecule has 0 heterocycles. The molecule has 4 N–H and O–H groups in total. The zero-order chi connectivity index (χ0) is 9.35. The van der Waals surface area contributed by atoms with Crippen LogP contribution in [0.1, 0.15) is 0 Å². The molecule has 0 aromatic carbocycles. The van der Waals surface area contributed by atoms with E-state index in [1.165, 1.54) is 11.1 Å². The maximum atomic E-state index is 8.74. The van der Waals surface area contributed by atoms with Crippen molar-refractivity contribution in [2.45, 2.75) is 0 Å². The smallest absolute Gasteiger partial charge is 0.394 e. The molecule has 0 amide bonds. The molecule has 0 aromatic rings. The van der Waals surface area contributed by atoms with Crippen molar-refractivity contribution in [2.75, 3.05) is 5.73 Å². The number of hydrogen-bond donors (Lipinski definition) is 3. The number of benzene rings is 1. The molecule has 66 valence electrons. The van der Waals surface area contributed by atoms with Gasteiger partial charge in [-0.15, -0.1) is 0 Å². The largest absolute Gasteiger partial charge is 0.398 e. The van der Waals surface area contributed by atoms with Gasteiger partial charge in [0, 0.05) is 11.3 Å². The second kappa shape index (κ2) is 2.74. The standard InChI is InChI=1S/C6H5N.H2O4S/c7-6-3-4-1-2-5(4)6;1-5(2,3)4/h1-3H,7H2;(H2,1,2,3,4). The van der Waals surface area contributed by atoms with Gasteiger partial charge in [0.1, 0.15) is 0 Å². The van der Waals surface area contributed by atoms with Gasteiger partial charge in [0.15, 0.2) is 0 Å². The molecule has 12 heavy (non-hydrogen) atoms. The molecular weight excluding hydrogens is 182 g/mol. The second-order valence-electron chi connectivity index (χ2n) is 2.25. The molecule has 2 rings (SSSR count). The van der Waals surface area contributed by atoms with Crippen LogP contribution in [-0.4, -0.2) is 17.5 Å². The molecule has 0 atom stereocenters. The average Bonchev–Trinajstić information content (AvgIpc) is 1.78. The van der Waals surface area contributed by atoms with Crippen molar-refractivity contribution < 1.29 is 17.5 Å². The molecule has 0 bridgehead atoms. The van der Waals surface area contributed by atoms with Crippen molar-refractivity contribution in [3.63, 3.8) is 0 Å². The number of nitrogens with two attached hydrogens (primary N) is 1. The van der Waals surface area contributed by atoms with Gasteiger partial charge in [-0.1, -0.05) is 12.1 Å². The molecule has 0 radical (unpaired) electrons. The number of nitrogen functional groups attached to an aromatic ring is 1. The summed E-state index contributed by atoms with van der Waals surface area (Å²) in [6, 6.07) is 6.08. The van der Waals surface area contributed by atoms with Gasteiger partial charge >= 0.3 is 10.4 Å². The third-order valence-electron chi connectivity index (χ3n) is 1.36. The Bertz CT molecular complexity index is 390. The van der Waals surface area contributed by atoms with E-state index in [2.05, 4.69) is 6.07 Å². The first-order valence-electron chi connectivity index (χ1n) is 2.98. The molecule has 0 aromatic heterocycles. The molecule has 0 saturated heterocycles. The van der Waals surface area contributed by atoms with Gasteiger partial charge in [-0.2, -0.15) is 8.42 Å². The van der Waals surface area contributed by atoms with Gasteiger partial charge < -0.3 is 5.73 Å². The van der Waals surface area contributed by atoms with Crippen molar-refractivity contribution in [1.29, 1.82) is 0 Å². The number of anilines is 1. The van der Waals surface area contributed by atoms with Crippen molar-refractivity contribution >= 4 is 16.1 Å². The van der Waals surface area contributed by atoms with E-state index in [0.717, 1.165) is 5.69 Å². The van der Waals surface area contributed by atoms with Gasteiger partial charge in [-0.25, -0.2) is 0 Å². The first-order valence-corrected chi connectivity index (χ1v) is 4.37. The highest BCUT2D eigenvalue weighted by Crippen LogP contribution is 2.38. The van der Waals surface area contributed by atoms with Gasteiger partial charge in [-0.05, 0) is 11.6 Å². The lowest BCUT2D eigenvalue weighted by Crippen LogP contribution is -1.98. The Labute approximate surface area is 69.4 Å². The van der Waals surface area contributed by atoms with Crippen LogP contribution in [0.5, 0.6) is 0 Å². The van der Waals surface area contributed by atoms with Gasteiger partial charge in [0.2, 0.25) is 0 Å². The van der Waals surface area contributed by atoms with E-state index in [4.69, 9.17) is 23.3 Å². The molecule has 0 unspecified atom stereocenters. The molecule has 0 fully saturated rings. The number of hydrogen-bond acceptors (Lipinski definition) is 3. The van der Waals surface area contributed by atoms with Crippen molar-refractivity contribution in [3.8, 4) is 11.1 Å². The summed E-state index contributed by atoms with van der Waals surface area (Å²) in [6.45, 7) is 0. The SMILES string of the molecule is Nc1cc2ccc1-2.O=S(=O)(O)O. The van der Waals surface area contributed by atoms with Crippen LogP contribution >= 0.6 is 0 Å². The minimum Gasteiger partial charge on any atom is -0.398 e. The Morgan fingerprint density at radius 2 is 1.75 bits per heavy atom. The highest BCUT2D eigenvalue weighted by molar-refractivity contribution is 7.79. The first-order chi connectivity index (χ1) is 5.38. The van der Waals surface area contributed by atoms with E-state index in [1.807, 2.05) is 12.1 Å². The maximum absolute atomic E-state index is 8.74. The lowest BCUT2D eigenvalue weighted by atomic mass is 9.91.